The van der Waals surface area contributed by atoms with Gasteiger partial charge < -0.3 is 15.2 Å². The minimum Gasteiger partial charge on any atom is -0.508 e. The van der Waals surface area contributed by atoms with E-state index in [1.807, 2.05) is 12.1 Å². The third-order valence-corrected chi connectivity index (χ3v) is 3.17. The smallest absolute Gasteiger partial charge is 0.116 e. The Morgan fingerprint density at radius 1 is 1.12 bits per heavy atom. The van der Waals surface area contributed by atoms with Gasteiger partial charge in [0.15, 0.2) is 0 Å². The molecule has 1 saturated heterocycles. The molecule has 17 heavy (non-hydrogen) atoms. The predicted molar refractivity (Wildman–Crippen MR) is 67.2 cm³/mol. The lowest BCUT2D eigenvalue weighted by Gasteiger charge is -2.24. The number of phenols is 1. The van der Waals surface area contributed by atoms with Crippen LogP contribution in [-0.2, 0) is 4.74 Å². The van der Waals surface area contributed by atoms with E-state index in [2.05, 4.69) is 17.4 Å². The zero-order valence-corrected chi connectivity index (χ0v) is 9.52. The number of rotatable bonds is 1. The molecule has 2 aromatic rings. The highest BCUT2D eigenvalue weighted by Gasteiger charge is 2.15. The molecule has 0 spiro atoms. The molecule has 1 fully saturated rings. The quantitative estimate of drug-likeness (QED) is 0.787. The molecule has 3 rings (SSSR count). The van der Waals surface area contributed by atoms with Crippen molar-refractivity contribution in [2.75, 3.05) is 19.8 Å². The summed E-state index contributed by atoms with van der Waals surface area (Å²) in [6.07, 6.45) is 0. The molecule has 1 atom stereocenters. The summed E-state index contributed by atoms with van der Waals surface area (Å²) >= 11 is 0. The minimum atomic E-state index is 0.280. The molecular formula is C14H15NO2. The molecule has 0 amide bonds. The topological polar surface area (TPSA) is 41.5 Å². The fourth-order valence-corrected chi connectivity index (χ4v) is 2.25. The molecule has 1 heterocycles. The molecule has 3 nitrogen and oxygen atoms in total. The maximum absolute atomic E-state index is 9.42. The van der Waals surface area contributed by atoms with Gasteiger partial charge in [-0.1, -0.05) is 18.2 Å². The summed E-state index contributed by atoms with van der Waals surface area (Å²) in [4.78, 5) is 0. The Kier molecular flexibility index (Phi) is 2.71. The van der Waals surface area contributed by atoms with Crippen LogP contribution in [0, 0.1) is 0 Å². The van der Waals surface area contributed by atoms with Gasteiger partial charge in [0.2, 0.25) is 0 Å². The van der Waals surface area contributed by atoms with Crippen molar-refractivity contribution in [2.24, 2.45) is 0 Å². The van der Waals surface area contributed by atoms with Crippen LogP contribution in [0.2, 0.25) is 0 Å². The molecule has 0 aliphatic carbocycles. The van der Waals surface area contributed by atoms with Crippen LogP contribution in [0.25, 0.3) is 10.8 Å². The van der Waals surface area contributed by atoms with Gasteiger partial charge in [-0.25, -0.2) is 0 Å². The molecule has 2 aromatic carbocycles. The first-order chi connectivity index (χ1) is 8.33. The van der Waals surface area contributed by atoms with Gasteiger partial charge in [0.1, 0.15) is 5.75 Å². The van der Waals surface area contributed by atoms with Crippen LogP contribution in [0.15, 0.2) is 36.4 Å². The highest BCUT2D eigenvalue weighted by atomic mass is 16.5. The van der Waals surface area contributed by atoms with Crippen molar-refractivity contribution in [3.8, 4) is 5.75 Å². The van der Waals surface area contributed by atoms with Crippen LogP contribution in [-0.4, -0.2) is 24.9 Å². The zero-order valence-electron chi connectivity index (χ0n) is 9.52. The van der Waals surface area contributed by atoms with Crippen molar-refractivity contribution >= 4 is 10.8 Å². The average Bonchev–Trinajstić information content (AvgIpc) is 2.39. The number of fused-ring (bicyclic) bond motifs is 1. The summed E-state index contributed by atoms with van der Waals surface area (Å²) in [5.74, 6) is 0.310. The monoisotopic (exact) mass is 229 g/mol. The second-order valence-electron chi connectivity index (χ2n) is 4.37. The number of aromatic hydroxyl groups is 1. The van der Waals surface area contributed by atoms with Crippen LogP contribution < -0.4 is 5.32 Å². The van der Waals surface area contributed by atoms with E-state index in [9.17, 15) is 5.11 Å². The second kappa shape index (κ2) is 4.35. The SMILES string of the molecule is Oc1ccc2cc([C@@H]3COCCN3)ccc2c1. The van der Waals surface area contributed by atoms with Gasteiger partial charge >= 0.3 is 0 Å². The molecule has 3 heteroatoms. The number of benzene rings is 2. The van der Waals surface area contributed by atoms with Crippen molar-refractivity contribution in [3.63, 3.8) is 0 Å². The Bertz CT molecular complexity index is 533. The van der Waals surface area contributed by atoms with Crippen LogP contribution >= 0.6 is 0 Å². The molecule has 0 radical (unpaired) electrons. The van der Waals surface area contributed by atoms with Crippen LogP contribution in [0.3, 0.4) is 0 Å². The lowest BCUT2D eigenvalue weighted by molar-refractivity contribution is 0.0769. The summed E-state index contributed by atoms with van der Waals surface area (Å²) in [6, 6.07) is 12.0. The number of nitrogens with one attached hydrogen (secondary N) is 1. The summed E-state index contributed by atoms with van der Waals surface area (Å²) < 4.78 is 5.47. The van der Waals surface area contributed by atoms with Crippen LogP contribution in [0.5, 0.6) is 5.75 Å². The first-order valence-electron chi connectivity index (χ1n) is 5.87. The van der Waals surface area contributed by atoms with Gasteiger partial charge in [0, 0.05) is 6.54 Å². The van der Waals surface area contributed by atoms with Crippen LogP contribution in [0.1, 0.15) is 11.6 Å². The van der Waals surface area contributed by atoms with E-state index < -0.39 is 0 Å². The maximum atomic E-state index is 9.42. The molecule has 0 aromatic heterocycles. The molecule has 0 saturated carbocycles. The van der Waals surface area contributed by atoms with Gasteiger partial charge in [-0.05, 0) is 34.5 Å². The van der Waals surface area contributed by atoms with E-state index in [0.29, 0.717) is 5.75 Å². The average molecular weight is 229 g/mol. The number of ether oxygens (including phenoxy) is 1. The van der Waals surface area contributed by atoms with E-state index in [1.165, 1.54) is 5.56 Å². The highest BCUT2D eigenvalue weighted by Crippen LogP contribution is 2.24. The normalized spacial score (nSPS) is 20.6. The molecular weight excluding hydrogens is 214 g/mol. The van der Waals surface area contributed by atoms with Crippen molar-refractivity contribution in [3.05, 3.63) is 42.0 Å². The van der Waals surface area contributed by atoms with E-state index in [4.69, 9.17) is 4.74 Å². The van der Waals surface area contributed by atoms with Crippen molar-refractivity contribution in [1.82, 2.24) is 5.32 Å². The van der Waals surface area contributed by atoms with Crippen molar-refractivity contribution in [1.29, 1.82) is 0 Å². The molecule has 88 valence electrons. The summed E-state index contributed by atoms with van der Waals surface area (Å²) in [5.41, 5.74) is 1.24. The summed E-state index contributed by atoms with van der Waals surface area (Å²) in [7, 11) is 0. The Morgan fingerprint density at radius 2 is 1.94 bits per heavy atom. The second-order valence-corrected chi connectivity index (χ2v) is 4.37. The van der Waals surface area contributed by atoms with Gasteiger partial charge in [-0.2, -0.15) is 0 Å². The zero-order chi connectivity index (χ0) is 11.7. The van der Waals surface area contributed by atoms with E-state index in [-0.39, 0.29) is 6.04 Å². The largest absolute Gasteiger partial charge is 0.508 e. The fraction of sp³-hybridized carbons (Fsp3) is 0.286. The van der Waals surface area contributed by atoms with Gasteiger partial charge in [0.25, 0.3) is 0 Å². The number of phenolic OH excluding ortho intramolecular Hbond substituents is 1. The van der Waals surface area contributed by atoms with Gasteiger partial charge in [0.05, 0.1) is 19.3 Å². The Hall–Kier alpha value is -1.58. The standard InChI is InChI=1S/C14H15NO2/c16-13-4-3-10-7-12(2-1-11(10)8-13)14-9-17-6-5-15-14/h1-4,7-8,14-16H,5-6,9H2/t14-/m0/s1. The molecule has 0 unspecified atom stereocenters. The van der Waals surface area contributed by atoms with Crippen molar-refractivity contribution in [2.45, 2.75) is 6.04 Å². The molecule has 0 bridgehead atoms. The molecule has 1 aliphatic rings. The van der Waals surface area contributed by atoms with Gasteiger partial charge in [-0.15, -0.1) is 0 Å². The fourth-order valence-electron chi connectivity index (χ4n) is 2.25. The minimum absolute atomic E-state index is 0.280. The lowest BCUT2D eigenvalue weighted by Crippen LogP contribution is -2.34. The Labute approximate surface area is 100 Å². The van der Waals surface area contributed by atoms with Gasteiger partial charge in [-0.3, -0.25) is 0 Å². The molecule has 1 aliphatic heterocycles. The Morgan fingerprint density at radius 3 is 2.76 bits per heavy atom. The van der Waals surface area contributed by atoms with Crippen LogP contribution in [0.4, 0.5) is 0 Å². The third kappa shape index (κ3) is 2.12. The van der Waals surface area contributed by atoms with Crippen molar-refractivity contribution < 1.29 is 9.84 Å². The summed E-state index contributed by atoms with van der Waals surface area (Å²) in [5, 5.41) is 15.1. The number of hydrogen-bond donors (Lipinski definition) is 2. The highest BCUT2D eigenvalue weighted by molar-refractivity contribution is 5.84. The predicted octanol–water partition coefficient (Wildman–Crippen LogP) is 2.21. The Balaban J connectivity index is 1.98. The van der Waals surface area contributed by atoms with E-state index in [0.717, 1.165) is 30.5 Å². The first-order valence-corrected chi connectivity index (χ1v) is 5.87. The molecule has 2 N–H and O–H groups in total. The first kappa shape index (κ1) is 10.6. The maximum Gasteiger partial charge on any atom is 0.116 e. The third-order valence-electron chi connectivity index (χ3n) is 3.17. The van der Waals surface area contributed by atoms with E-state index >= 15 is 0 Å². The van der Waals surface area contributed by atoms with E-state index in [1.54, 1.807) is 12.1 Å². The summed E-state index contributed by atoms with van der Waals surface area (Å²) in [6.45, 7) is 2.42. The number of hydrogen-bond acceptors (Lipinski definition) is 3. The number of morpholine rings is 1. The lowest BCUT2D eigenvalue weighted by atomic mass is 10.0.